The smallest absolute Gasteiger partial charge is 0.148 e. The Kier molecular flexibility index (Phi) is 3.84. The van der Waals surface area contributed by atoms with Crippen LogP contribution in [0.1, 0.15) is 37.7 Å². The monoisotopic (exact) mass is 430 g/mol. The van der Waals surface area contributed by atoms with E-state index in [0.717, 1.165) is 26.7 Å². The van der Waals surface area contributed by atoms with Crippen molar-refractivity contribution in [2.75, 3.05) is 7.11 Å². The highest BCUT2D eigenvalue weighted by molar-refractivity contribution is 14.1. The molecule has 4 bridgehead atoms. The lowest BCUT2D eigenvalue weighted by Crippen LogP contribution is -2.40. The molecule has 22 heavy (non-hydrogen) atoms. The fraction of sp³-hybridized carbons (Fsp3) is 0.556. The van der Waals surface area contributed by atoms with Crippen molar-refractivity contribution in [3.8, 4) is 5.75 Å². The molecular formula is C18H20ClIO2. The lowest BCUT2D eigenvalue weighted by Gasteiger charge is -2.51. The van der Waals surface area contributed by atoms with E-state index in [1.165, 1.54) is 37.7 Å². The van der Waals surface area contributed by atoms with Crippen molar-refractivity contribution in [2.24, 2.45) is 23.7 Å². The molecule has 0 atom stereocenters. The van der Waals surface area contributed by atoms with Gasteiger partial charge in [-0.2, -0.15) is 0 Å². The van der Waals surface area contributed by atoms with Crippen LogP contribution < -0.4 is 0 Å². The maximum atomic E-state index is 10.2. The largest absolute Gasteiger partial charge is 0.505 e. The first kappa shape index (κ1) is 15.1. The summed E-state index contributed by atoms with van der Waals surface area (Å²) in [7, 11) is 1.73. The number of phenolic OH excluding ortho intramolecular Hbond substituents is 1. The van der Waals surface area contributed by atoms with E-state index >= 15 is 0 Å². The molecule has 1 aromatic rings. The summed E-state index contributed by atoms with van der Waals surface area (Å²) in [6.07, 6.45) is 6.67. The van der Waals surface area contributed by atoms with E-state index in [2.05, 4.69) is 22.6 Å². The number of rotatable bonds is 2. The van der Waals surface area contributed by atoms with Gasteiger partial charge in [0.1, 0.15) is 11.5 Å². The molecule has 0 aliphatic heterocycles. The molecule has 4 aliphatic rings. The van der Waals surface area contributed by atoms with Crippen LogP contribution in [0.2, 0.25) is 5.02 Å². The molecular weight excluding hydrogens is 411 g/mol. The lowest BCUT2D eigenvalue weighted by molar-refractivity contribution is 0.0675. The van der Waals surface area contributed by atoms with Crippen LogP contribution in [-0.4, -0.2) is 12.2 Å². The van der Waals surface area contributed by atoms with Gasteiger partial charge in [0.2, 0.25) is 0 Å². The van der Waals surface area contributed by atoms with Crippen LogP contribution >= 0.6 is 34.2 Å². The number of aromatic hydroxyl groups is 1. The van der Waals surface area contributed by atoms with Gasteiger partial charge >= 0.3 is 0 Å². The predicted octanol–water partition coefficient (Wildman–Crippen LogP) is 5.46. The average Bonchev–Trinajstić information content (AvgIpc) is 2.49. The first-order valence-corrected chi connectivity index (χ1v) is 9.49. The van der Waals surface area contributed by atoms with Crippen LogP contribution in [0, 0.1) is 27.2 Å². The molecule has 0 unspecified atom stereocenters. The molecule has 1 N–H and O–H groups in total. The fourth-order valence-electron chi connectivity index (χ4n) is 5.16. The van der Waals surface area contributed by atoms with Gasteiger partial charge in [0.15, 0.2) is 0 Å². The quantitative estimate of drug-likeness (QED) is 0.498. The molecule has 0 radical (unpaired) electrons. The number of benzene rings is 1. The van der Waals surface area contributed by atoms with Crippen LogP contribution in [0.15, 0.2) is 17.7 Å². The zero-order valence-electron chi connectivity index (χ0n) is 12.6. The Morgan fingerprint density at radius 2 is 1.73 bits per heavy atom. The third-order valence-corrected chi connectivity index (χ3v) is 7.05. The number of hydrogen-bond acceptors (Lipinski definition) is 2. The Balaban J connectivity index is 1.83. The summed E-state index contributed by atoms with van der Waals surface area (Å²) >= 11 is 8.52. The molecule has 118 valence electrons. The third kappa shape index (κ3) is 2.27. The van der Waals surface area contributed by atoms with E-state index in [-0.39, 0.29) is 5.75 Å². The lowest BCUT2D eigenvalue weighted by atomic mass is 9.54. The Morgan fingerprint density at radius 3 is 2.27 bits per heavy atom. The fourth-order valence-corrected chi connectivity index (χ4v) is 6.02. The highest BCUT2D eigenvalue weighted by atomic mass is 127. The SMILES string of the molecule is COC(=C1C2CC3CC(C2)CC1C3)c1ccc(I)c(O)c1Cl. The Labute approximate surface area is 150 Å². The van der Waals surface area contributed by atoms with Gasteiger partial charge in [-0.25, -0.2) is 0 Å². The summed E-state index contributed by atoms with van der Waals surface area (Å²) in [6, 6.07) is 3.90. The summed E-state index contributed by atoms with van der Waals surface area (Å²) in [5, 5.41) is 10.6. The predicted molar refractivity (Wildman–Crippen MR) is 96.8 cm³/mol. The van der Waals surface area contributed by atoms with Gasteiger partial charge < -0.3 is 9.84 Å². The molecule has 4 heteroatoms. The van der Waals surface area contributed by atoms with Crippen LogP contribution in [0.5, 0.6) is 5.75 Å². The first-order chi connectivity index (χ1) is 10.6. The second-order valence-corrected chi connectivity index (χ2v) is 8.59. The molecule has 0 aromatic heterocycles. The molecule has 4 fully saturated rings. The minimum Gasteiger partial charge on any atom is -0.505 e. The first-order valence-electron chi connectivity index (χ1n) is 8.03. The molecule has 5 rings (SSSR count). The van der Waals surface area contributed by atoms with Crippen molar-refractivity contribution in [3.63, 3.8) is 0 Å². The second-order valence-electron chi connectivity index (χ2n) is 7.05. The number of phenols is 1. The summed E-state index contributed by atoms with van der Waals surface area (Å²) in [6.45, 7) is 0. The topological polar surface area (TPSA) is 29.5 Å². The van der Waals surface area contributed by atoms with E-state index in [1.54, 1.807) is 7.11 Å². The zero-order chi connectivity index (χ0) is 15.4. The number of hydrogen-bond donors (Lipinski definition) is 1. The molecule has 0 amide bonds. The number of ether oxygens (including phenoxy) is 1. The summed E-state index contributed by atoms with van der Waals surface area (Å²) in [5.74, 6) is 4.24. The van der Waals surface area contributed by atoms with Gasteiger partial charge in [0.05, 0.1) is 15.7 Å². The molecule has 0 heterocycles. The van der Waals surface area contributed by atoms with Crippen LogP contribution in [0.3, 0.4) is 0 Å². The highest BCUT2D eigenvalue weighted by Crippen LogP contribution is 2.58. The van der Waals surface area contributed by atoms with Crippen LogP contribution in [-0.2, 0) is 4.74 Å². The molecule has 1 aromatic carbocycles. The van der Waals surface area contributed by atoms with Crippen molar-refractivity contribution in [3.05, 3.63) is 31.9 Å². The number of halogens is 2. The Hall–Kier alpha value is -0.420. The molecule has 0 spiro atoms. The van der Waals surface area contributed by atoms with Crippen molar-refractivity contribution in [1.29, 1.82) is 0 Å². The average molecular weight is 431 g/mol. The molecule has 4 saturated carbocycles. The van der Waals surface area contributed by atoms with Crippen molar-refractivity contribution >= 4 is 40.0 Å². The summed E-state index contributed by atoms with van der Waals surface area (Å²) in [4.78, 5) is 0. The minimum atomic E-state index is 0.165. The van der Waals surface area contributed by atoms with Gasteiger partial charge in [0.25, 0.3) is 0 Å². The van der Waals surface area contributed by atoms with E-state index in [0.29, 0.717) is 16.9 Å². The van der Waals surface area contributed by atoms with Gasteiger partial charge in [-0.15, -0.1) is 0 Å². The van der Waals surface area contributed by atoms with Gasteiger partial charge in [-0.1, -0.05) is 11.6 Å². The second kappa shape index (κ2) is 5.59. The third-order valence-electron chi connectivity index (χ3n) is 5.80. The van der Waals surface area contributed by atoms with E-state index in [4.69, 9.17) is 16.3 Å². The number of allylic oxidation sites excluding steroid dienone is 1. The highest BCUT2D eigenvalue weighted by Gasteiger charge is 2.46. The van der Waals surface area contributed by atoms with Gasteiger partial charge in [-0.05, 0) is 96.1 Å². The van der Waals surface area contributed by atoms with E-state index in [9.17, 15) is 5.11 Å². The van der Waals surface area contributed by atoms with Crippen molar-refractivity contribution < 1.29 is 9.84 Å². The zero-order valence-corrected chi connectivity index (χ0v) is 15.5. The number of methoxy groups -OCH3 is 1. The standard InChI is InChI=1S/C18H20ClIO2/c1-22-18(13-2-3-14(20)17(21)16(13)19)15-11-5-9-4-10(7-11)8-12(15)6-9/h2-3,9-12,21H,4-8H2,1H3. The van der Waals surface area contributed by atoms with Gasteiger partial charge in [0, 0.05) is 5.56 Å². The van der Waals surface area contributed by atoms with E-state index < -0.39 is 0 Å². The van der Waals surface area contributed by atoms with Crippen LogP contribution in [0.4, 0.5) is 0 Å². The van der Waals surface area contributed by atoms with Gasteiger partial charge in [-0.3, -0.25) is 0 Å². The molecule has 0 saturated heterocycles. The maximum Gasteiger partial charge on any atom is 0.148 e. The normalized spacial score (nSPS) is 32.4. The van der Waals surface area contributed by atoms with E-state index in [1.807, 2.05) is 12.1 Å². The summed E-state index contributed by atoms with van der Waals surface area (Å²) in [5.41, 5.74) is 2.32. The summed E-state index contributed by atoms with van der Waals surface area (Å²) < 4.78 is 6.59. The van der Waals surface area contributed by atoms with Crippen molar-refractivity contribution in [1.82, 2.24) is 0 Å². The molecule has 2 nitrogen and oxygen atoms in total. The Bertz CT molecular complexity index is 623. The van der Waals surface area contributed by atoms with Crippen molar-refractivity contribution in [2.45, 2.75) is 32.1 Å². The minimum absolute atomic E-state index is 0.165. The Morgan fingerprint density at radius 1 is 1.14 bits per heavy atom. The van der Waals surface area contributed by atoms with Crippen LogP contribution in [0.25, 0.3) is 5.76 Å². The maximum absolute atomic E-state index is 10.2. The molecule has 4 aliphatic carbocycles.